The van der Waals surface area contributed by atoms with E-state index < -0.39 is 29.7 Å². The summed E-state index contributed by atoms with van der Waals surface area (Å²) in [5, 5.41) is 0. The first kappa shape index (κ1) is 20.2. The van der Waals surface area contributed by atoms with E-state index in [2.05, 4.69) is 0 Å². The molecule has 1 aliphatic rings. The normalized spacial score (nSPS) is 16.2. The minimum Gasteiger partial charge on any atom is -0.456 e. The van der Waals surface area contributed by atoms with Crippen LogP contribution in [0.25, 0.3) is 0 Å². The fourth-order valence-electron chi connectivity index (χ4n) is 2.74. The third-order valence-electron chi connectivity index (χ3n) is 3.80. The third-order valence-corrected chi connectivity index (χ3v) is 3.80. The number of halogens is 3. The molecule has 0 N–H and O–H groups in total. The van der Waals surface area contributed by atoms with Gasteiger partial charge in [0.1, 0.15) is 5.60 Å². The zero-order chi connectivity index (χ0) is 19.5. The van der Waals surface area contributed by atoms with Crippen molar-refractivity contribution in [3.63, 3.8) is 0 Å². The van der Waals surface area contributed by atoms with E-state index in [1.807, 2.05) is 0 Å². The maximum absolute atomic E-state index is 13.2. The van der Waals surface area contributed by atoms with Crippen molar-refractivity contribution in [2.75, 3.05) is 18.1 Å². The molecule has 0 radical (unpaired) electrons. The Hall–Kier alpha value is -2.09. The lowest BCUT2D eigenvalue weighted by atomic mass is 10.0. The smallest absolute Gasteiger partial charge is 0.456 e. The average molecular weight is 373 g/mol. The van der Waals surface area contributed by atoms with Crippen LogP contribution in [0.2, 0.25) is 0 Å². The summed E-state index contributed by atoms with van der Waals surface area (Å²) < 4.78 is 50.1. The number of benzene rings is 1. The van der Waals surface area contributed by atoms with Gasteiger partial charge in [-0.15, -0.1) is 0 Å². The number of carbonyl (C=O) groups is 2. The van der Waals surface area contributed by atoms with Crippen LogP contribution in [-0.2, 0) is 14.3 Å². The van der Waals surface area contributed by atoms with Crippen LogP contribution < -0.4 is 4.90 Å². The number of ether oxygens (including phenoxy) is 2. The van der Waals surface area contributed by atoms with Gasteiger partial charge in [0.25, 0.3) is 0 Å². The van der Waals surface area contributed by atoms with E-state index in [1.54, 1.807) is 20.8 Å². The molecular weight excluding hydrogens is 351 g/mol. The highest BCUT2D eigenvalue weighted by molar-refractivity contribution is 6.04. The van der Waals surface area contributed by atoms with Gasteiger partial charge in [0.05, 0.1) is 11.3 Å². The minimum atomic E-state index is -5.06. The summed E-state index contributed by atoms with van der Waals surface area (Å²) in [6.45, 7) is 5.47. The summed E-state index contributed by atoms with van der Waals surface area (Å²) in [6.07, 6.45) is -4.55. The molecule has 0 bridgehead atoms. The lowest BCUT2D eigenvalue weighted by Gasteiger charge is -2.35. The molecule has 1 amide bonds. The number of para-hydroxylation sites is 1. The molecule has 0 spiro atoms. The number of rotatable bonds is 3. The Bertz CT molecular complexity index is 661. The molecule has 1 aliphatic heterocycles. The van der Waals surface area contributed by atoms with Crippen molar-refractivity contribution in [2.24, 2.45) is 0 Å². The lowest BCUT2D eigenvalue weighted by Crippen LogP contribution is -2.50. The van der Waals surface area contributed by atoms with Crippen LogP contribution in [0.4, 0.5) is 18.9 Å². The number of carbonyl (C=O) groups excluding carboxylic acids is 2. The highest BCUT2D eigenvalue weighted by Gasteiger charge is 2.46. The van der Waals surface area contributed by atoms with Gasteiger partial charge in [0, 0.05) is 19.3 Å². The summed E-state index contributed by atoms with van der Waals surface area (Å²) >= 11 is 0. The Kier molecular flexibility index (Phi) is 5.95. The second-order valence-corrected chi connectivity index (χ2v) is 7.04. The van der Waals surface area contributed by atoms with Crippen LogP contribution in [0.5, 0.6) is 0 Å². The fraction of sp³-hybridized carbons (Fsp3) is 0.556. The summed E-state index contributed by atoms with van der Waals surface area (Å²) in [6, 6.07) is 4.99. The Morgan fingerprint density at radius 1 is 1.12 bits per heavy atom. The lowest BCUT2D eigenvalue weighted by molar-refractivity contribution is -0.171. The zero-order valence-corrected chi connectivity index (χ0v) is 14.9. The maximum atomic E-state index is 13.2. The van der Waals surface area contributed by atoms with E-state index in [9.17, 15) is 22.8 Å². The largest absolute Gasteiger partial charge is 0.471 e. The molecular formula is C18H22F3NO4. The number of amides is 1. The number of hydrogen-bond acceptors (Lipinski definition) is 4. The van der Waals surface area contributed by atoms with E-state index in [0.717, 1.165) is 0 Å². The Morgan fingerprint density at radius 3 is 2.23 bits per heavy atom. The zero-order valence-electron chi connectivity index (χ0n) is 14.9. The second kappa shape index (κ2) is 7.65. The molecule has 8 heteroatoms. The number of esters is 1. The van der Waals surface area contributed by atoms with Gasteiger partial charge in [-0.25, -0.2) is 4.79 Å². The molecule has 0 unspecified atom stereocenters. The van der Waals surface area contributed by atoms with Crippen LogP contribution in [0.1, 0.15) is 44.0 Å². The summed E-state index contributed by atoms with van der Waals surface area (Å²) in [5.41, 5.74) is -0.996. The van der Waals surface area contributed by atoms with Crippen molar-refractivity contribution in [1.82, 2.24) is 0 Å². The fourth-order valence-corrected chi connectivity index (χ4v) is 2.74. The molecule has 0 saturated carbocycles. The number of nitrogens with zero attached hydrogens (tertiary/aromatic N) is 1. The van der Waals surface area contributed by atoms with Gasteiger partial charge in [-0.1, -0.05) is 12.1 Å². The summed E-state index contributed by atoms with van der Waals surface area (Å²) in [5.74, 6) is -2.78. The van der Waals surface area contributed by atoms with E-state index in [4.69, 9.17) is 9.47 Å². The highest BCUT2D eigenvalue weighted by Crippen LogP contribution is 2.32. The molecule has 1 heterocycles. The molecule has 0 atom stereocenters. The first-order valence-corrected chi connectivity index (χ1v) is 8.31. The molecule has 5 nitrogen and oxygen atoms in total. The molecule has 144 valence electrons. The van der Waals surface area contributed by atoms with Crippen molar-refractivity contribution in [3.05, 3.63) is 29.8 Å². The average Bonchev–Trinajstić information content (AvgIpc) is 2.54. The topological polar surface area (TPSA) is 55.8 Å². The van der Waals surface area contributed by atoms with Crippen LogP contribution >= 0.6 is 0 Å². The Labute approximate surface area is 150 Å². The number of hydrogen-bond donors (Lipinski definition) is 0. The monoisotopic (exact) mass is 373 g/mol. The summed E-state index contributed by atoms with van der Waals surface area (Å²) in [7, 11) is 0. The predicted octanol–water partition coefficient (Wildman–Crippen LogP) is 3.72. The molecule has 0 aliphatic carbocycles. The standard InChI is InChI=1S/C18H22F3NO4/c1-17(2,3)26-15(23)13-6-4-5-7-14(13)22(16(24)18(19,20)21)12-8-10-25-11-9-12/h4-7,12H,8-11H2,1-3H3. The predicted molar refractivity (Wildman–Crippen MR) is 89.0 cm³/mol. The Balaban J connectivity index is 2.48. The van der Waals surface area contributed by atoms with Gasteiger partial charge in [-0.2, -0.15) is 13.2 Å². The van der Waals surface area contributed by atoms with Crippen LogP contribution in [0.3, 0.4) is 0 Å². The van der Waals surface area contributed by atoms with Crippen molar-refractivity contribution >= 4 is 17.6 Å². The molecule has 1 saturated heterocycles. The van der Waals surface area contributed by atoms with Crippen molar-refractivity contribution in [1.29, 1.82) is 0 Å². The van der Waals surface area contributed by atoms with Crippen molar-refractivity contribution < 1.29 is 32.2 Å². The molecule has 1 fully saturated rings. The van der Waals surface area contributed by atoms with Gasteiger partial charge >= 0.3 is 18.1 Å². The third kappa shape index (κ3) is 4.97. The quantitative estimate of drug-likeness (QED) is 0.758. The minimum absolute atomic E-state index is 0.0773. The van der Waals surface area contributed by atoms with E-state index >= 15 is 0 Å². The van der Waals surface area contributed by atoms with Gasteiger partial charge in [0.15, 0.2) is 0 Å². The summed E-state index contributed by atoms with van der Waals surface area (Å²) in [4.78, 5) is 25.3. The molecule has 1 aromatic rings. The number of anilines is 1. The molecule has 2 rings (SSSR count). The van der Waals surface area contributed by atoms with Crippen molar-refractivity contribution in [3.8, 4) is 0 Å². The van der Waals surface area contributed by atoms with Crippen LogP contribution in [-0.4, -0.2) is 42.9 Å². The van der Waals surface area contributed by atoms with Gasteiger partial charge in [-0.3, -0.25) is 4.79 Å². The van der Waals surface area contributed by atoms with Gasteiger partial charge < -0.3 is 14.4 Å². The number of alkyl halides is 3. The van der Waals surface area contributed by atoms with E-state index in [1.165, 1.54) is 24.3 Å². The Morgan fingerprint density at radius 2 is 1.69 bits per heavy atom. The molecule has 1 aromatic carbocycles. The SMILES string of the molecule is CC(C)(C)OC(=O)c1ccccc1N(C(=O)C(F)(F)F)C1CCOCC1. The van der Waals surface area contributed by atoms with Gasteiger partial charge in [0.2, 0.25) is 0 Å². The first-order chi connectivity index (χ1) is 12.0. The van der Waals surface area contributed by atoms with Crippen molar-refractivity contribution in [2.45, 2.75) is 51.4 Å². The maximum Gasteiger partial charge on any atom is 0.471 e. The molecule has 26 heavy (non-hydrogen) atoms. The van der Waals surface area contributed by atoms with Gasteiger partial charge in [-0.05, 0) is 45.7 Å². The van der Waals surface area contributed by atoms with Crippen LogP contribution in [0.15, 0.2) is 24.3 Å². The van der Waals surface area contributed by atoms with E-state index in [0.29, 0.717) is 4.90 Å². The first-order valence-electron chi connectivity index (χ1n) is 8.31. The van der Waals surface area contributed by atoms with E-state index in [-0.39, 0.29) is 37.3 Å². The highest BCUT2D eigenvalue weighted by atomic mass is 19.4. The van der Waals surface area contributed by atoms with Crippen LogP contribution in [0, 0.1) is 0 Å². The second-order valence-electron chi connectivity index (χ2n) is 7.04. The molecule has 0 aromatic heterocycles.